The lowest BCUT2D eigenvalue weighted by Crippen LogP contribution is -2.29. The molecule has 1 atom stereocenters. The number of halogens is 1. The smallest absolute Gasteiger partial charge is 0.212 e. The average molecular weight is 367 g/mol. The van der Waals surface area contributed by atoms with Crippen LogP contribution in [0.3, 0.4) is 0 Å². The van der Waals surface area contributed by atoms with Crippen LogP contribution >= 0.6 is 22.6 Å². The Bertz CT molecular complexity index is 419. The number of alkyl halides is 1. The Morgan fingerprint density at radius 2 is 1.94 bits per heavy atom. The van der Waals surface area contributed by atoms with Crippen molar-refractivity contribution >= 4 is 32.6 Å². The molecule has 0 aliphatic heterocycles. The molecule has 1 unspecified atom stereocenters. The molecule has 3 nitrogen and oxygen atoms in total. The first-order valence-corrected chi connectivity index (χ1v) is 8.81. The maximum atomic E-state index is 11.8. The molecule has 0 bridgehead atoms. The second kappa shape index (κ2) is 7.33. The third kappa shape index (κ3) is 5.83. The second-order valence-corrected chi connectivity index (χ2v) is 6.96. The summed E-state index contributed by atoms with van der Waals surface area (Å²) in [5.74, 6) is 0.173. The minimum absolute atomic E-state index is 0.0216. The Balaban J connectivity index is 2.53. The summed E-state index contributed by atoms with van der Waals surface area (Å²) in [5, 5.41) is 0. The van der Waals surface area contributed by atoms with Gasteiger partial charge < -0.3 is 0 Å². The minimum atomic E-state index is -3.15. The van der Waals surface area contributed by atoms with E-state index in [4.69, 9.17) is 0 Å². The van der Waals surface area contributed by atoms with Gasteiger partial charge in [0.15, 0.2) is 0 Å². The summed E-state index contributed by atoms with van der Waals surface area (Å²) in [6.45, 7) is 2.47. The van der Waals surface area contributed by atoms with Crippen molar-refractivity contribution < 1.29 is 8.42 Å². The van der Waals surface area contributed by atoms with Crippen molar-refractivity contribution in [1.82, 2.24) is 4.72 Å². The largest absolute Gasteiger partial charge is 0.215 e. The van der Waals surface area contributed by atoms with Gasteiger partial charge in [-0.3, -0.25) is 0 Å². The van der Waals surface area contributed by atoms with Gasteiger partial charge in [-0.1, -0.05) is 59.8 Å². The van der Waals surface area contributed by atoms with Gasteiger partial charge in [0, 0.05) is 11.0 Å². The van der Waals surface area contributed by atoms with E-state index < -0.39 is 10.0 Å². The summed E-state index contributed by atoms with van der Waals surface area (Å²) < 4.78 is 27.1. The zero-order valence-electron chi connectivity index (χ0n) is 9.90. The Morgan fingerprint density at radius 1 is 1.29 bits per heavy atom. The standard InChI is InChI=1S/C12H18INO2S/c1-11(12-6-3-2-4-7-12)10-17(15,16)14-9-5-8-13/h2-4,6-7,11,14H,5,8-10H2,1H3. The molecule has 17 heavy (non-hydrogen) atoms. The lowest BCUT2D eigenvalue weighted by Gasteiger charge is -2.12. The van der Waals surface area contributed by atoms with Gasteiger partial charge in [0.25, 0.3) is 0 Å². The Kier molecular flexibility index (Phi) is 6.43. The number of nitrogens with one attached hydrogen (secondary N) is 1. The first kappa shape index (κ1) is 14.9. The van der Waals surface area contributed by atoms with Crippen LogP contribution in [0.5, 0.6) is 0 Å². The molecule has 0 aliphatic rings. The van der Waals surface area contributed by atoms with Crippen LogP contribution in [0, 0.1) is 0 Å². The number of rotatable bonds is 7. The summed E-state index contributed by atoms with van der Waals surface area (Å²) in [6.07, 6.45) is 0.875. The molecular formula is C12H18INO2S. The second-order valence-electron chi connectivity index (χ2n) is 4.03. The van der Waals surface area contributed by atoms with Crippen molar-refractivity contribution in [3.63, 3.8) is 0 Å². The van der Waals surface area contributed by atoms with Crippen molar-refractivity contribution in [3.05, 3.63) is 35.9 Å². The third-order valence-electron chi connectivity index (χ3n) is 2.47. The van der Waals surface area contributed by atoms with Gasteiger partial charge in [0.1, 0.15) is 0 Å². The van der Waals surface area contributed by atoms with Crippen molar-refractivity contribution in [2.75, 3.05) is 16.7 Å². The van der Waals surface area contributed by atoms with Crippen LogP contribution in [-0.4, -0.2) is 25.1 Å². The maximum absolute atomic E-state index is 11.8. The normalized spacial score (nSPS) is 13.5. The van der Waals surface area contributed by atoms with Crippen molar-refractivity contribution in [2.24, 2.45) is 0 Å². The van der Waals surface area contributed by atoms with E-state index in [1.165, 1.54) is 0 Å². The molecule has 0 aliphatic carbocycles. The molecule has 0 heterocycles. The SMILES string of the molecule is CC(CS(=O)(=O)NCCCI)c1ccccc1. The zero-order chi connectivity index (χ0) is 12.7. The van der Waals surface area contributed by atoms with Crippen molar-refractivity contribution in [1.29, 1.82) is 0 Å². The van der Waals surface area contributed by atoms with Crippen LogP contribution in [-0.2, 0) is 10.0 Å². The molecule has 0 fully saturated rings. The van der Waals surface area contributed by atoms with Crippen molar-refractivity contribution in [3.8, 4) is 0 Å². The molecule has 0 spiro atoms. The molecule has 96 valence electrons. The molecule has 0 aromatic heterocycles. The van der Waals surface area contributed by atoms with Crippen LogP contribution in [0.2, 0.25) is 0 Å². The highest BCUT2D eigenvalue weighted by Crippen LogP contribution is 2.16. The lowest BCUT2D eigenvalue weighted by molar-refractivity contribution is 0.575. The first-order chi connectivity index (χ1) is 8.05. The van der Waals surface area contributed by atoms with Gasteiger partial charge in [-0.25, -0.2) is 13.1 Å². The van der Waals surface area contributed by atoms with Crippen molar-refractivity contribution in [2.45, 2.75) is 19.3 Å². The minimum Gasteiger partial charge on any atom is -0.215 e. The molecule has 1 aromatic carbocycles. The van der Waals surface area contributed by atoms with Crippen LogP contribution in [0.4, 0.5) is 0 Å². The highest BCUT2D eigenvalue weighted by atomic mass is 127. The van der Waals surface area contributed by atoms with Crippen LogP contribution < -0.4 is 4.72 Å². The molecule has 1 aromatic rings. The molecule has 1 N–H and O–H groups in total. The molecule has 5 heteroatoms. The summed E-state index contributed by atoms with van der Waals surface area (Å²) >= 11 is 2.24. The van der Waals surface area contributed by atoms with Gasteiger partial charge >= 0.3 is 0 Å². The quantitative estimate of drug-likeness (QED) is 0.457. The van der Waals surface area contributed by atoms with Gasteiger partial charge in [0.05, 0.1) is 5.75 Å². The van der Waals surface area contributed by atoms with Gasteiger partial charge in [0.2, 0.25) is 10.0 Å². The van der Waals surface area contributed by atoms with E-state index in [9.17, 15) is 8.42 Å². The molecule has 0 amide bonds. The highest BCUT2D eigenvalue weighted by molar-refractivity contribution is 14.1. The zero-order valence-corrected chi connectivity index (χ0v) is 12.9. The Hall–Kier alpha value is -0.140. The van der Waals surface area contributed by atoms with Gasteiger partial charge in [-0.05, 0) is 17.9 Å². The molecule has 0 saturated carbocycles. The Morgan fingerprint density at radius 3 is 2.53 bits per heavy atom. The van der Waals surface area contributed by atoms with Gasteiger partial charge in [-0.2, -0.15) is 0 Å². The highest BCUT2D eigenvalue weighted by Gasteiger charge is 2.16. The van der Waals surface area contributed by atoms with Crippen LogP contribution in [0.1, 0.15) is 24.8 Å². The topological polar surface area (TPSA) is 46.2 Å². The van der Waals surface area contributed by atoms with E-state index in [0.717, 1.165) is 16.4 Å². The first-order valence-electron chi connectivity index (χ1n) is 5.63. The number of sulfonamides is 1. The fraction of sp³-hybridized carbons (Fsp3) is 0.500. The monoisotopic (exact) mass is 367 g/mol. The number of benzene rings is 1. The van der Waals surface area contributed by atoms with E-state index in [-0.39, 0.29) is 11.7 Å². The van der Waals surface area contributed by atoms with E-state index in [1.807, 2.05) is 37.3 Å². The molecule has 0 radical (unpaired) electrons. The maximum Gasteiger partial charge on any atom is 0.212 e. The summed E-state index contributed by atoms with van der Waals surface area (Å²) in [4.78, 5) is 0. The molecular weight excluding hydrogens is 349 g/mol. The van der Waals surface area contributed by atoms with Gasteiger partial charge in [-0.15, -0.1) is 0 Å². The molecule has 1 rings (SSSR count). The predicted octanol–water partition coefficient (Wildman–Crippen LogP) is 2.53. The summed E-state index contributed by atoms with van der Waals surface area (Å²) in [5.41, 5.74) is 1.06. The van der Waals surface area contributed by atoms with E-state index in [1.54, 1.807) is 0 Å². The number of hydrogen-bond donors (Lipinski definition) is 1. The van der Waals surface area contributed by atoms with E-state index >= 15 is 0 Å². The predicted molar refractivity (Wildman–Crippen MR) is 80.2 cm³/mol. The summed E-state index contributed by atoms with van der Waals surface area (Å²) in [6, 6.07) is 9.73. The number of hydrogen-bond acceptors (Lipinski definition) is 2. The fourth-order valence-electron chi connectivity index (χ4n) is 1.56. The van der Waals surface area contributed by atoms with Crippen LogP contribution in [0.25, 0.3) is 0 Å². The average Bonchev–Trinajstić information content (AvgIpc) is 2.30. The summed E-state index contributed by atoms with van der Waals surface area (Å²) in [7, 11) is -3.15. The Labute approximate surface area is 117 Å². The fourth-order valence-corrected chi connectivity index (χ4v) is 3.37. The third-order valence-corrected chi connectivity index (χ3v) is 4.82. The van der Waals surface area contributed by atoms with Crippen LogP contribution in [0.15, 0.2) is 30.3 Å². The van der Waals surface area contributed by atoms with E-state index in [2.05, 4.69) is 27.3 Å². The van der Waals surface area contributed by atoms with E-state index in [0.29, 0.717) is 6.54 Å². The lowest BCUT2D eigenvalue weighted by atomic mass is 10.0. The molecule has 0 saturated heterocycles.